The van der Waals surface area contributed by atoms with E-state index in [1.54, 1.807) is 0 Å². The van der Waals surface area contributed by atoms with Crippen molar-refractivity contribution in [2.24, 2.45) is 0 Å². The summed E-state index contributed by atoms with van der Waals surface area (Å²) in [5.41, 5.74) is 13.9. The van der Waals surface area contributed by atoms with Gasteiger partial charge in [0.25, 0.3) is 0 Å². The normalized spacial score (nSPS) is 15.5. The summed E-state index contributed by atoms with van der Waals surface area (Å²) < 4.78 is 2.42. The van der Waals surface area contributed by atoms with E-state index in [0.29, 0.717) is 5.92 Å². The Kier molecular flexibility index (Phi) is 6.52. The summed E-state index contributed by atoms with van der Waals surface area (Å²) in [7, 11) is 0. The number of hydrogen-bond acceptors (Lipinski definition) is 3. The zero-order valence-electron chi connectivity index (χ0n) is 25.8. The predicted molar refractivity (Wildman–Crippen MR) is 194 cm³/mol. The quantitative estimate of drug-likeness (QED) is 0.207. The third kappa shape index (κ3) is 4.44. The first-order valence-corrected chi connectivity index (χ1v) is 16.5. The number of nitrogens with zero attached hydrogens (tertiary/aromatic N) is 2. The average Bonchev–Trinajstić information content (AvgIpc) is 3.46. The molecule has 2 aliphatic rings. The van der Waals surface area contributed by atoms with Gasteiger partial charge in [-0.05, 0) is 96.6 Å². The number of anilines is 5. The van der Waals surface area contributed by atoms with Crippen LogP contribution in [0.5, 0.6) is 0 Å². The van der Waals surface area contributed by atoms with E-state index in [2.05, 4.69) is 160 Å². The van der Waals surface area contributed by atoms with E-state index in [0.717, 1.165) is 43.0 Å². The zero-order valence-corrected chi connectivity index (χ0v) is 25.8. The van der Waals surface area contributed by atoms with Crippen molar-refractivity contribution in [3.05, 3.63) is 156 Å². The molecule has 2 aliphatic heterocycles. The van der Waals surface area contributed by atoms with Gasteiger partial charge in [0.05, 0.1) is 22.4 Å². The lowest BCUT2D eigenvalue weighted by Gasteiger charge is -2.32. The summed E-state index contributed by atoms with van der Waals surface area (Å²) >= 11 is 0. The highest BCUT2D eigenvalue weighted by molar-refractivity contribution is 6.10. The molecule has 0 bridgehead atoms. The number of fused-ring (bicyclic) bond motifs is 6. The van der Waals surface area contributed by atoms with Crippen LogP contribution < -0.4 is 15.5 Å². The highest BCUT2D eigenvalue weighted by Crippen LogP contribution is 2.44. The van der Waals surface area contributed by atoms with Gasteiger partial charge >= 0.3 is 0 Å². The predicted octanol–water partition coefficient (Wildman–Crippen LogP) is 10.6. The molecule has 0 spiro atoms. The molecule has 9 rings (SSSR count). The summed E-state index contributed by atoms with van der Waals surface area (Å²) in [4.78, 5) is 2.34. The molecule has 0 fully saturated rings. The van der Waals surface area contributed by atoms with Crippen molar-refractivity contribution in [3.63, 3.8) is 0 Å². The molecular formula is C42H36N4. The van der Waals surface area contributed by atoms with Crippen LogP contribution in [0.3, 0.4) is 0 Å². The van der Waals surface area contributed by atoms with E-state index < -0.39 is 0 Å². The molecule has 1 unspecified atom stereocenters. The van der Waals surface area contributed by atoms with Crippen LogP contribution in [-0.4, -0.2) is 17.7 Å². The molecular weight excluding hydrogens is 560 g/mol. The maximum atomic E-state index is 3.73. The molecule has 0 aliphatic carbocycles. The molecule has 46 heavy (non-hydrogen) atoms. The minimum Gasteiger partial charge on any atom is -0.383 e. The molecule has 6 aromatic carbocycles. The number of benzene rings is 6. The Morgan fingerprint density at radius 1 is 0.565 bits per heavy atom. The minimum absolute atomic E-state index is 0.391. The first-order chi connectivity index (χ1) is 22.8. The summed E-state index contributed by atoms with van der Waals surface area (Å²) in [6.07, 6.45) is 3.47. The summed E-state index contributed by atoms with van der Waals surface area (Å²) in [6, 6.07) is 51.0. The number of aromatic nitrogens is 1. The van der Waals surface area contributed by atoms with Gasteiger partial charge < -0.3 is 20.1 Å². The van der Waals surface area contributed by atoms with Gasteiger partial charge in [-0.1, -0.05) is 78.9 Å². The second-order valence-corrected chi connectivity index (χ2v) is 12.5. The van der Waals surface area contributed by atoms with E-state index in [4.69, 9.17) is 0 Å². The third-order valence-electron chi connectivity index (χ3n) is 9.86. The molecule has 0 saturated carbocycles. The van der Waals surface area contributed by atoms with Crippen molar-refractivity contribution in [3.8, 4) is 5.69 Å². The zero-order chi connectivity index (χ0) is 30.5. The Hall–Kier alpha value is -5.48. The maximum absolute atomic E-state index is 3.73. The van der Waals surface area contributed by atoms with Gasteiger partial charge in [-0.25, -0.2) is 0 Å². The van der Waals surface area contributed by atoms with Crippen LogP contribution in [-0.2, 0) is 6.42 Å². The Morgan fingerprint density at radius 3 is 2.04 bits per heavy atom. The monoisotopic (exact) mass is 596 g/mol. The molecule has 3 heterocycles. The van der Waals surface area contributed by atoms with Crippen molar-refractivity contribution in [1.29, 1.82) is 0 Å². The Labute approximate surface area is 269 Å². The van der Waals surface area contributed by atoms with Crippen LogP contribution in [0, 0.1) is 0 Å². The fourth-order valence-corrected chi connectivity index (χ4v) is 7.72. The molecule has 1 atom stereocenters. The Bertz CT molecular complexity index is 2140. The Balaban J connectivity index is 1.13. The van der Waals surface area contributed by atoms with E-state index in [9.17, 15) is 0 Å². The maximum Gasteiger partial charge on any atom is 0.0617 e. The Morgan fingerprint density at radius 2 is 1.26 bits per heavy atom. The lowest BCUT2D eigenvalue weighted by Crippen LogP contribution is -2.22. The molecule has 4 heteroatoms. The van der Waals surface area contributed by atoms with Crippen LogP contribution >= 0.6 is 0 Å². The van der Waals surface area contributed by atoms with E-state index in [1.807, 2.05) is 0 Å². The van der Waals surface area contributed by atoms with Crippen LogP contribution in [0.15, 0.2) is 140 Å². The second-order valence-electron chi connectivity index (χ2n) is 12.5. The van der Waals surface area contributed by atoms with E-state index >= 15 is 0 Å². The fraction of sp³-hybridized carbons (Fsp3) is 0.143. The number of para-hydroxylation sites is 3. The molecule has 0 saturated heterocycles. The van der Waals surface area contributed by atoms with Crippen molar-refractivity contribution >= 4 is 50.2 Å². The first kappa shape index (κ1) is 26.9. The molecule has 4 nitrogen and oxygen atoms in total. The molecule has 1 aromatic heterocycles. The smallest absolute Gasteiger partial charge is 0.0617 e. The number of nitrogens with one attached hydrogen (secondary N) is 2. The topological polar surface area (TPSA) is 32.2 Å². The van der Waals surface area contributed by atoms with E-state index in [-0.39, 0.29) is 0 Å². The standard InChI is InChI=1S/C42H36N4/c1-3-11-31(12-4-1)45(32-13-5-2-6-14-32)34-22-24-40-38(28-34)36-15-7-8-16-39(36)46(40)33-20-17-29(18-21-33)35-25-27-44-42-37(35)23-19-30-10-9-26-43-41(30)42/h1-8,11-24,28,35,43-44H,9-10,25-27H2. The van der Waals surface area contributed by atoms with Gasteiger partial charge in [0.2, 0.25) is 0 Å². The molecule has 7 aromatic rings. The molecule has 0 radical (unpaired) electrons. The van der Waals surface area contributed by atoms with Crippen molar-refractivity contribution < 1.29 is 0 Å². The van der Waals surface area contributed by atoms with Gasteiger partial charge in [-0.2, -0.15) is 0 Å². The molecule has 224 valence electrons. The summed E-state index contributed by atoms with van der Waals surface area (Å²) in [6.45, 7) is 2.05. The number of aryl methyl sites for hydroxylation is 1. The van der Waals surface area contributed by atoms with Gasteiger partial charge in [-0.15, -0.1) is 0 Å². The van der Waals surface area contributed by atoms with Gasteiger partial charge in [0.1, 0.15) is 0 Å². The SMILES string of the molecule is c1ccc(N(c2ccccc2)c2ccc3c(c2)c2ccccc2n3-c2ccc(C3CCNc4c3ccc3c4NCCC3)cc2)cc1. The summed E-state index contributed by atoms with van der Waals surface area (Å²) in [5, 5.41) is 9.92. The van der Waals surface area contributed by atoms with Gasteiger partial charge in [-0.3, -0.25) is 0 Å². The third-order valence-corrected chi connectivity index (χ3v) is 9.86. The largest absolute Gasteiger partial charge is 0.383 e. The fourth-order valence-electron chi connectivity index (χ4n) is 7.72. The minimum atomic E-state index is 0.391. The molecule has 0 amide bonds. The van der Waals surface area contributed by atoms with Crippen LogP contribution in [0.25, 0.3) is 27.5 Å². The van der Waals surface area contributed by atoms with Crippen molar-refractivity contribution in [2.75, 3.05) is 28.6 Å². The van der Waals surface area contributed by atoms with E-state index in [1.165, 1.54) is 62.0 Å². The van der Waals surface area contributed by atoms with Gasteiger partial charge in [0.15, 0.2) is 0 Å². The lowest BCUT2D eigenvalue weighted by atomic mass is 9.83. The van der Waals surface area contributed by atoms with Crippen LogP contribution in [0.1, 0.15) is 35.4 Å². The lowest BCUT2D eigenvalue weighted by molar-refractivity contribution is 0.716. The van der Waals surface area contributed by atoms with Crippen LogP contribution in [0.2, 0.25) is 0 Å². The highest BCUT2D eigenvalue weighted by Gasteiger charge is 2.26. The number of rotatable bonds is 5. The summed E-state index contributed by atoms with van der Waals surface area (Å²) in [5.74, 6) is 0.391. The van der Waals surface area contributed by atoms with Crippen molar-refractivity contribution in [1.82, 2.24) is 4.57 Å². The average molecular weight is 597 g/mol. The van der Waals surface area contributed by atoms with Crippen LogP contribution in [0.4, 0.5) is 28.4 Å². The highest BCUT2D eigenvalue weighted by atomic mass is 15.1. The molecule has 2 N–H and O–H groups in total. The number of hydrogen-bond donors (Lipinski definition) is 2. The first-order valence-electron chi connectivity index (χ1n) is 16.5. The van der Waals surface area contributed by atoms with Crippen molar-refractivity contribution in [2.45, 2.75) is 25.2 Å². The second kappa shape index (κ2) is 11.1. The van der Waals surface area contributed by atoms with Gasteiger partial charge in [0, 0.05) is 52.5 Å².